The minimum atomic E-state index is -0.535. The van der Waals surface area contributed by atoms with Crippen molar-refractivity contribution in [1.82, 2.24) is 25.2 Å². The van der Waals surface area contributed by atoms with Crippen molar-refractivity contribution < 1.29 is 14.4 Å². The Balaban J connectivity index is 1.27. The first-order valence-electron chi connectivity index (χ1n) is 20.2. The van der Waals surface area contributed by atoms with E-state index in [1.807, 2.05) is 31.5 Å². The average Bonchev–Trinajstić information content (AvgIpc) is 3.58. The monoisotopic (exact) mass is 715 g/mol. The number of aromatic nitrogens is 4. The Bertz CT molecular complexity index is 1670. The highest BCUT2D eigenvalue weighted by Gasteiger charge is 2.70. The molecular weight excluding hydrogens is 649 g/mol. The second kappa shape index (κ2) is 13.0. The molecule has 11 atom stereocenters. The van der Waals surface area contributed by atoms with Crippen LogP contribution in [0.15, 0.2) is 42.5 Å². The average molecular weight is 715 g/mol. The van der Waals surface area contributed by atoms with Crippen LogP contribution in [0.3, 0.4) is 0 Å². The van der Waals surface area contributed by atoms with Crippen molar-refractivity contribution in [3.05, 3.63) is 42.5 Å². The molecule has 1 aliphatic heterocycles. The van der Waals surface area contributed by atoms with Crippen molar-refractivity contribution in [2.75, 3.05) is 19.8 Å². The third kappa shape index (κ3) is 5.56. The highest BCUT2D eigenvalue weighted by molar-refractivity contribution is 5.80. The summed E-state index contributed by atoms with van der Waals surface area (Å²) < 4.78 is 8.89. The quantitative estimate of drug-likeness (QED) is 0.199. The summed E-state index contributed by atoms with van der Waals surface area (Å²) in [7, 11) is 0. The third-order valence-corrected chi connectivity index (χ3v) is 16.6. The Hall–Kier alpha value is -2.62. The fourth-order valence-corrected chi connectivity index (χ4v) is 12.6. The first-order valence-corrected chi connectivity index (χ1v) is 20.2. The number of allylic oxidation sites excluding steroid dienone is 1. The van der Waals surface area contributed by atoms with Crippen molar-refractivity contribution in [2.45, 2.75) is 126 Å². The second-order valence-corrected chi connectivity index (χ2v) is 19.9. The zero-order valence-corrected chi connectivity index (χ0v) is 33.7. The fourth-order valence-electron chi connectivity index (χ4n) is 12.6. The minimum absolute atomic E-state index is 0.0211. The minimum Gasteiger partial charge on any atom is -0.380 e. The number of amides is 1. The zero-order valence-electron chi connectivity index (χ0n) is 33.7. The molecule has 3 N–H and O–H groups in total. The summed E-state index contributed by atoms with van der Waals surface area (Å²) in [6, 6.07) is 4.28. The molecule has 1 saturated heterocycles. The molecule has 1 amide bonds. The molecule has 9 heteroatoms. The van der Waals surface area contributed by atoms with Crippen molar-refractivity contribution in [2.24, 2.45) is 68.3 Å². The van der Waals surface area contributed by atoms with Crippen LogP contribution >= 0.6 is 0 Å². The molecular formula is C43H66N6O3. The third-order valence-electron chi connectivity index (χ3n) is 16.6. The van der Waals surface area contributed by atoms with E-state index < -0.39 is 5.54 Å². The Morgan fingerprint density at radius 1 is 1.06 bits per heavy atom. The number of carbonyl (C=O) groups excluding carboxylic acids is 1. The topological polar surface area (TPSA) is 117 Å². The van der Waals surface area contributed by atoms with Gasteiger partial charge in [-0.05, 0) is 115 Å². The maximum Gasteiger partial charge on any atom is 0.247 e. The fraction of sp³-hybridized carbons (Fsp3) is 0.767. The molecule has 4 aliphatic carbocycles. The van der Waals surface area contributed by atoms with E-state index in [0.29, 0.717) is 23.7 Å². The van der Waals surface area contributed by atoms with E-state index in [9.17, 15) is 4.79 Å². The van der Waals surface area contributed by atoms with Gasteiger partial charge in [0.05, 0.1) is 31.8 Å². The van der Waals surface area contributed by atoms with Crippen LogP contribution in [0.1, 0.15) is 120 Å². The smallest absolute Gasteiger partial charge is 0.247 e. The molecule has 0 aromatic carbocycles. The molecule has 3 saturated carbocycles. The summed E-state index contributed by atoms with van der Waals surface area (Å²) in [4.78, 5) is 29.8. The molecule has 2 aromatic rings. The maximum atomic E-state index is 14.8. The Morgan fingerprint density at radius 3 is 2.48 bits per heavy atom. The number of pyridine rings is 1. The van der Waals surface area contributed by atoms with Crippen LogP contribution in [-0.4, -0.2) is 51.0 Å². The number of ether oxygens (including phenoxy) is 1. The number of rotatable bonds is 9. The molecule has 2 aromatic heterocycles. The first-order chi connectivity index (χ1) is 24.4. The summed E-state index contributed by atoms with van der Waals surface area (Å²) in [5.74, 6) is 2.71. The van der Waals surface area contributed by atoms with Gasteiger partial charge >= 0.3 is 0 Å². The Labute approximate surface area is 312 Å². The van der Waals surface area contributed by atoms with Gasteiger partial charge in [0.25, 0.3) is 0 Å². The van der Waals surface area contributed by atoms with E-state index in [1.54, 1.807) is 11.9 Å². The molecule has 2 bridgehead atoms. The number of hydrogen-bond donors (Lipinski definition) is 2. The van der Waals surface area contributed by atoms with Gasteiger partial charge in [-0.25, -0.2) is 15.1 Å². The lowest BCUT2D eigenvalue weighted by Gasteiger charge is -2.71. The van der Waals surface area contributed by atoms with Gasteiger partial charge in [0.2, 0.25) is 5.91 Å². The van der Waals surface area contributed by atoms with E-state index in [0.717, 1.165) is 63.1 Å². The highest BCUT2D eigenvalue weighted by atomic mass is 16.7. The SMILES string of the molecule is CC(C)[C@@H](C)[C@@]1(C)CC[C@]2(C)[C@H]3CC[C@@H]4[C@@]5(C)COC[C@@]4(C[C@H](n4ncnc4-c4ccncc4)C5)C3=CC[C@@]2(C)[C@@H]1C(=O)NOC[C@@](C)(N)C(C)C. The van der Waals surface area contributed by atoms with Crippen LogP contribution < -0.4 is 11.2 Å². The van der Waals surface area contributed by atoms with Crippen LogP contribution in [0.25, 0.3) is 11.4 Å². The first kappa shape index (κ1) is 37.7. The highest BCUT2D eigenvalue weighted by Crippen LogP contribution is 2.75. The lowest BCUT2D eigenvalue weighted by atomic mass is 9.34. The molecule has 4 fully saturated rings. The van der Waals surface area contributed by atoms with E-state index >= 15 is 0 Å². The van der Waals surface area contributed by atoms with Gasteiger partial charge in [0.15, 0.2) is 5.82 Å². The summed E-state index contributed by atoms with van der Waals surface area (Å²) >= 11 is 0. The summed E-state index contributed by atoms with van der Waals surface area (Å²) in [6.07, 6.45) is 15.4. The standard InChI is InChI=1S/C43H66N6O3/c1-27(2)29(5)39(7)17-18-40(8)32-11-12-34-38(6)21-31(49-36(46-26-47-49)30-14-19-45-20-15-30)22-43(34,25-51-23-38)33(32)13-16-41(40,9)35(39)37(50)48-52-24-42(10,44)28(3)4/h13-15,19-20,26-29,31-32,34-35H,11-12,16-18,21-25,44H2,1-10H3,(H,48,50)/t29-,31-,32+,34-,35-,38-,39-,40-,41+,42-,43+/m1/s1. The molecule has 3 heterocycles. The number of hydrogen-bond acceptors (Lipinski definition) is 7. The van der Waals surface area contributed by atoms with E-state index in [1.165, 1.54) is 6.42 Å². The van der Waals surface area contributed by atoms with Crippen LogP contribution in [0.2, 0.25) is 0 Å². The number of fused-ring (bicyclic) bond motifs is 3. The van der Waals surface area contributed by atoms with Crippen molar-refractivity contribution >= 4 is 5.91 Å². The molecule has 0 unspecified atom stereocenters. The Morgan fingerprint density at radius 2 is 1.79 bits per heavy atom. The van der Waals surface area contributed by atoms with Crippen LogP contribution in [0.4, 0.5) is 0 Å². The van der Waals surface area contributed by atoms with Crippen molar-refractivity contribution in [3.8, 4) is 11.4 Å². The predicted molar refractivity (Wildman–Crippen MR) is 204 cm³/mol. The van der Waals surface area contributed by atoms with Gasteiger partial charge in [-0.15, -0.1) is 0 Å². The van der Waals surface area contributed by atoms with Gasteiger partial charge in [-0.3, -0.25) is 14.6 Å². The van der Waals surface area contributed by atoms with E-state index in [2.05, 4.69) is 83.5 Å². The zero-order chi connectivity index (χ0) is 37.5. The number of nitrogens with two attached hydrogens (primary N) is 1. The van der Waals surface area contributed by atoms with Crippen LogP contribution in [0.5, 0.6) is 0 Å². The molecule has 286 valence electrons. The molecule has 0 radical (unpaired) electrons. The molecule has 0 spiro atoms. The number of nitrogens with zero attached hydrogens (tertiary/aromatic N) is 4. The molecule has 5 aliphatic rings. The normalized spacial score (nSPS) is 40.2. The van der Waals surface area contributed by atoms with Gasteiger partial charge in [0.1, 0.15) is 6.33 Å². The van der Waals surface area contributed by atoms with Gasteiger partial charge in [0, 0.05) is 28.9 Å². The van der Waals surface area contributed by atoms with Crippen LogP contribution in [0, 0.1) is 62.6 Å². The predicted octanol–water partition coefficient (Wildman–Crippen LogP) is 8.20. The van der Waals surface area contributed by atoms with Gasteiger partial charge in [-0.1, -0.05) is 74.0 Å². The number of hydroxylamine groups is 1. The summed E-state index contributed by atoms with van der Waals surface area (Å²) in [5.41, 5.74) is 11.2. The Kier molecular flexibility index (Phi) is 9.43. The molecule has 9 nitrogen and oxygen atoms in total. The maximum absolute atomic E-state index is 14.8. The lowest BCUT2D eigenvalue weighted by Crippen LogP contribution is -2.67. The van der Waals surface area contributed by atoms with Crippen LogP contribution in [-0.2, 0) is 14.4 Å². The van der Waals surface area contributed by atoms with Crippen molar-refractivity contribution in [3.63, 3.8) is 0 Å². The lowest BCUT2D eigenvalue weighted by molar-refractivity contribution is -0.211. The summed E-state index contributed by atoms with van der Waals surface area (Å²) in [5, 5.41) is 4.89. The van der Waals surface area contributed by atoms with E-state index in [4.69, 9.17) is 25.4 Å². The second-order valence-electron chi connectivity index (χ2n) is 19.9. The molecule has 7 rings (SSSR count). The van der Waals surface area contributed by atoms with Gasteiger partial charge in [-0.2, -0.15) is 5.10 Å². The summed E-state index contributed by atoms with van der Waals surface area (Å²) in [6.45, 7) is 24.9. The van der Waals surface area contributed by atoms with Crippen molar-refractivity contribution in [1.29, 1.82) is 0 Å². The number of nitrogens with one attached hydrogen (secondary N) is 1. The number of carbonyl (C=O) groups is 1. The largest absolute Gasteiger partial charge is 0.380 e. The van der Waals surface area contributed by atoms with E-state index in [-0.39, 0.29) is 57.5 Å². The van der Waals surface area contributed by atoms with Gasteiger partial charge < -0.3 is 10.5 Å². The molecule has 52 heavy (non-hydrogen) atoms.